The molecule has 1 atom stereocenters. The Bertz CT molecular complexity index is 1110. The molecule has 1 aliphatic heterocycles. The summed E-state index contributed by atoms with van der Waals surface area (Å²) in [6.07, 6.45) is 2.49. The quantitative estimate of drug-likeness (QED) is 0.431. The van der Waals surface area contributed by atoms with Gasteiger partial charge in [0.2, 0.25) is 11.8 Å². The third kappa shape index (κ3) is 5.64. The highest BCUT2D eigenvalue weighted by atomic mass is 35.5. The number of aryl methyl sites for hydroxylation is 1. The van der Waals surface area contributed by atoms with E-state index in [9.17, 15) is 18.8 Å². The Kier molecular flexibility index (Phi) is 7.59. The molecule has 1 fully saturated rings. The van der Waals surface area contributed by atoms with Crippen LogP contribution in [-0.2, 0) is 20.9 Å². The van der Waals surface area contributed by atoms with Crippen molar-refractivity contribution in [3.8, 4) is 0 Å². The Balaban J connectivity index is 1.64. The highest BCUT2D eigenvalue weighted by Gasteiger charge is 2.34. The maximum Gasteiger partial charge on any atom is 0.267 e. The number of nitrogens with zero attached hydrogens (tertiary/aromatic N) is 2. The monoisotopic (exact) mass is 474 g/mol. The van der Waals surface area contributed by atoms with Gasteiger partial charge in [-0.2, -0.15) is 0 Å². The number of nitrogens with two attached hydrogens (primary N) is 1. The van der Waals surface area contributed by atoms with E-state index in [4.69, 9.17) is 22.7 Å². The van der Waals surface area contributed by atoms with Crippen LogP contribution in [0.3, 0.4) is 0 Å². The first-order chi connectivity index (χ1) is 15.7. The summed E-state index contributed by atoms with van der Waals surface area (Å²) in [5, 5.41) is 13.4. The van der Waals surface area contributed by atoms with E-state index in [1.54, 1.807) is 19.1 Å². The zero-order valence-corrected chi connectivity index (χ0v) is 18.7. The van der Waals surface area contributed by atoms with Gasteiger partial charge in [-0.1, -0.05) is 23.7 Å². The largest absolute Gasteiger partial charge is 0.376 e. The fourth-order valence-electron chi connectivity index (χ4n) is 3.63. The van der Waals surface area contributed by atoms with Gasteiger partial charge in [0.1, 0.15) is 17.6 Å². The number of carbonyl (C=O) groups excluding carboxylic acids is 3. The van der Waals surface area contributed by atoms with E-state index in [2.05, 4.69) is 15.6 Å². The van der Waals surface area contributed by atoms with Gasteiger partial charge in [0.05, 0.1) is 11.6 Å². The van der Waals surface area contributed by atoms with E-state index in [0.29, 0.717) is 30.8 Å². The lowest BCUT2D eigenvalue weighted by Crippen LogP contribution is -2.47. The van der Waals surface area contributed by atoms with Crippen LogP contribution in [0.1, 0.15) is 29.7 Å². The van der Waals surface area contributed by atoms with Gasteiger partial charge in [-0.3, -0.25) is 24.8 Å². The molecule has 174 valence electrons. The molecule has 1 aromatic carbocycles. The number of likely N-dealkylation sites (tertiary alicyclic amines) is 1. The molecule has 1 saturated heterocycles. The molecule has 0 saturated carbocycles. The van der Waals surface area contributed by atoms with E-state index in [1.165, 1.54) is 23.2 Å². The molecule has 33 heavy (non-hydrogen) atoms. The number of benzene rings is 1. The molecular formula is C22H24ClFN6O3. The molecule has 0 aliphatic carbocycles. The predicted octanol–water partition coefficient (Wildman–Crippen LogP) is 1.75. The predicted molar refractivity (Wildman–Crippen MR) is 121 cm³/mol. The van der Waals surface area contributed by atoms with Crippen LogP contribution >= 0.6 is 11.6 Å². The number of pyridine rings is 1. The average Bonchev–Trinajstić information content (AvgIpc) is 3.28. The Labute approximate surface area is 195 Å². The molecule has 0 radical (unpaired) electrons. The molecule has 9 nitrogen and oxygen atoms in total. The number of hydrogen-bond acceptors (Lipinski definition) is 6. The van der Waals surface area contributed by atoms with Gasteiger partial charge in [0.15, 0.2) is 0 Å². The number of amides is 3. The second-order valence-electron chi connectivity index (χ2n) is 7.64. The number of anilines is 1. The van der Waals surface area contributed by atoms with E-state index < -0.39 is 23.5 Å². The Morgan fingerprint density at radius 1 is 1.36 bits per heavy atom. The van der Waals surface area contributed by atoms with Crippen molar-refractivity contribution >= 4 is 40.7 Å². The minimum absolute atomic E-state index is 0.0272. The zero-order chi connectivity index (χ0) is 24.1. The fourth-order valence-corrected chi connectivity index (χ4v) is 3.83. The van der Waals surface area contributed by atoms with E-state index in [1.807, 2.05) is 0 Å². The van der Waals surface area contributed by atoms with Gasteiger partial charge in [0, 0.05) is 41.8 Å². The van der Waals surface area contributed by atoms with E-state index in [0.717, 1.165) is 0 Å². The number of aromatic nitrogens is 1. The van der Waals surface area contributed by atoms with Gasteiger partial charge in [-0.05, 0) is 31.9 Å². The molecule has 2 aromatic rings. The standard InChI is InChI=1S/C22H24ClFN6O3/c1-12-8-16(14(10-27-12)20(25)21(26)32)28-11-18(31)30-7-3-6-17(30)22(33)29-9-13-4-2-5-15(23)19(13)24/h2,4-5,8,10,17,25H,3,6-7,9,11H2,1H3,(H2,26,32)(H,27,28)(H,29,33)/t17-/m0/s1. The van der Waals surface area contributed by atoms with Crippen molar-refractivity contribution in [3.63, 3.8) is 0 Å². The lowest BCUT2D eigenvalue weighted by molar-refractivity contribution is -0.137. The normalized spacial score (nSPS) is 15.2. The first-order valence-electron chi connectivity index (χ1n) is 10.3. The van der Waals surface area contributed by atoms with Crippen LogP contribution in [0, 0.1) is 18.2 Å². The Morgan fingerprint density at radius 3 is 2.85 bits per heavy atom. The molecule has 0 unspecified atom stereocenters. The van der Waals surface area contributed by atoms with Crippen LogP contribution in [0.15, 0.2) is 30.5 Å². The molecule has 3 amide bonds. The number of primary amides is 1. The zero-order valence-electron chi connectivity index (χ0n) is 18.0. The second kappa shape index (κ2) is 10.4. The summed E-state index contributed by atoms with van der Waals surface area (Å²) >= 11 is 5.77. The van der Waals surface area contributed by atoms with E-state index in [-0.39, 0.29) is 41.1 Å². The van der Waals surface area contributed by atoms with Crippen molar-refractivity contribution in [1.29, 1.82) is 5.41 Å². The number of hydrogen-bond donors (Lipinski definition) is 4. The average molecular weight is 475 g/mol. The first kappa shape index (κ1) is 24.1. The highest BCUT2D eigenvalue weighted by Crippen LogP contribution is 2.21. The van der Waals surface area contributed by atoms with Gasteiger partial charge in [-0.25, -0.2) is 4.39 Å². The molecule has 0 spiro atoms. The van der Waals surface area contributed by atoms with Crippen LogP contribution in [-0.4, -0.2) is 52.4 Å². The number of nitrogens with one attached hydrogen (secondary N) is 3. The van der Waals surface area contributed by atoms with Crippen molar-refractivity contribution in [2.45, 2.75) is 32.4 Å². The summed E-state index contributed by atoms with van der Waals surface area (Å²) in [4.78, 5) is 42.5. The van der Waals surface area contributed by atoms with E-state index >= 15 is 0 Å². The fraction of sp³-hybridized carbons (Fsp3) is 0.318. The van der Waals surface area contributed by atoms with Crippen molar-refractivity contribution in [3.05, 3.63) is 58.1 Å². The SMILES string of the molecule is Cc1cc(NCC(=O)N2CCC[C@H]2C(=O)NCc2cccc(Cl)c2F)c(C(=N)C(N)=O)cn1. The van der Waals surface area contributed by atoms with Crippen LogP contribution in [0.5, 0.6) is 0 Å². The van der Waals surface area contributed by atoms with Gasteiger partial charge in [0.25, 0.3) is 5.91 Å². The second-order valence-corrected chi connectivity index (χ2v) is 8.05. The van der Waals surface area contributed by atoms with Crippen LogP contribution in [0.4, 0.5) is 10.1 Å². The third-order valence-electron chi connectivity index (χ3n) is 5.35. The molecule has 1 aromatic heterocycles. The maximum absolute atomic E-state index is 14.1. The van der Waals surface area contributed by atoms with Crippen LogP contribution < -0.4 is 16.4 Å². The lowest BCUT2D eigenvalue weighted by atomic mass is 10.1. The van der Waals surface area contributed by atoms with Crippen molar-refractivity contribution < 1.29 is 18.8 Å². The van der Waals surface area contributed by atoms with Gasteiger partial charge < -0.3 is 21.3 Å². The molecule has 5 N–H and O–H groups in total. The Morgan fingerprint density at radius 2 is 2.12 bits per heavy atom. The third-order valence-corrected chi connectivity index (χ3v) is 5.64. The van der Waals surface area contributed by atoms with Crippen LogP contribution in [0.2, 0.25) is 5.02 Å². The summed E-state index contributed by atoms with van der Waals surface area (Å²) in [6.45, 7) is 1.93. The summed E-state index contributed by atoms with van der Waals surface area (Å²) in [5.41, 5.74) is 6.20. The molecule has 1 aliphatic rings. The number of carbonyl (C=O) groups is 3. The van der Waals surface area contributed by atoms with Gasteiger partial charge in [-0.15, -0.1) is 0 Å². The molecular weight excluding hydrogens is 451 g/mol. The summed E-state index contributed by atoms with van der Waals surface area (Å²) in [5.74, 6) is -2.21. The minimum Gasteiger partial charge on any atom is -0.376 e. The summed E-state index contributed by atoms with van der Waals surface area (Å²) in [7, 11) is 0. The molecule has 11 heteroatoms. The first-order valence-corrected chi connectivity index (χ1v) is 10.7. The molecule has 0 bridgehead atoms. The molecule has 3 rings (SSSR count). The van der Waals surface area contributed by atoms with Gasteiger partial charge >= 0.3 is 0 Å². The lowest BCUT2D eigenvalue weighted by Gasteiger charge is -2.24. The summed E-state index contributed by atoms with van der Waals surface area (Å²) in [6, 6.07) is 5.47. The van der Waals surface area contributed by atoms with Crippen molar-refractivity contribution in [1.82, 2.24) is 15.2 Å². The minimum atomic E-state index is -0.914. The number of halogens is 2. The highest BCUT2D eigenvalue weighted by molar-refractivity contribution is 6.44. The number of rotatable bonds is 8. The Hall–Kier alpha value is -3.53. The smallest absolute Gasteiger partial charge is 0.267 e. The van der Waals surface area contributed by atoms with Crippen molar-refractivity contribution in [2.75, 3.05) is 18.4 Å². The van der Waals surface area contributed by atoms with Crippen LogP contribution in [0.25, 0.3) is 0 Å². The topological polar surface area (TPSA) is 141 Å². The maximum atomic E-state index is 14.1. The summed E-state index contributed by atoms with van der Waals surface area (Å²) < 4.78 is 14.1. The molecule has 2 heterocycles. The van der Waals surface area contributed by atoms with Crippen molar-refractivity contribution in [2.24, 2.45) is 5.73 Å².